The molecule has 0 saturated carbocycles. The second-order valence-electron chi connectivity index (χ2n) is 7.36. The molecule has 11 heteroatoms. The van der Waals surface area contributed by atoms with Crippen molar-refractivity contribution >= 4 is 26.0 Å². The summed E-state index contributed by atoms with van der Waals surface area (Å²) in [5, 5.41) is 2.73. The van der Waals surface area contributed by atoms with Crippen LogP contribution in [0.25, 0.3) is 0 Å². The zero-order valence-corrected chi connectivity index (χ0v) is 19.4. The Morgan fingerprint density at radius 3 is 2.16 bits per heavy atom. The molecule has 32 heavy (non-hydrogen) atoms. The number of benzene rings is 2. The number of carbonyl (C=O) groups excluding carboxylic acids is 1. The van der Waals surface area contributed by atoms with E-state index in [4.69, 9.17) is 4.74 Å². The lowest BCUT2D eigenvalue weighted by molar-refractivity contribution is -0.126. The molecule has 0 atom stereocenters. The first-order valence-corrected chi connectivity index (χ1v) is 13.1. The molecule has 1 aliphatic rings. The molecule has 1 amide bonds. The van der Waals surface area contributed by atoms with Gasteiger partial charge in [0.2, 0.25) is 26.0 Å². The van der Waals surface area contributed by atoms with Crippen LogP contribution >= 0.6 is 0 Å². The van der Waals surface area contributed by atoms with Gasteiger partial charge in [-0.15, -0.1) is 0 Å². The van der Waals surface area contributed by atoms with E-state index in [9.17, 15) is 21.6 Å². The van der Waals surface area contributed by atoms with Crippen molar-refractivity contribution in [2.24, 2.45) is 5.92 Å². The van der Waals surface area contributed by atoms with E-state index in [1.165, 1.54) is 23.5 Å². The highest BCUT2D eigenvalue weighted by molar-refractivity contribution is 7.89. The van der Waals surface area contributed by atoms with Crippen LogP contribution in [0.2, 0.25) is 0 Å². The van der Waals surface area contributed by atoms with Crippen LogP contribution in [0.5, 0.6) is 5.75 Å². The average molecular weight is 482 g/mol. The number of sulfonamides is 2. The summed E-state index contributed by atoms with van der Waals surface area (Å²) in [4.78, 5) is 12.8. The highest BCUT2D eigenvalue weighted by Gasteiger charge is 2.31. The lowest BCUT2D eigenvalue weighted by atomic mass is 9.97. The minimum atomic E-state index is -3.69. The molecular formula is C21H27N3O6S2. The number of amides is 1. The second-order valence-corrected chi connectivity index (χ2v) is 11.1. The summed E-state index contributed by atoms with van der Waals surface area (Å²) in [5.41, 5.74) is 0. The maximum atomic E-state index is 12.7. The Labute approximate surface area is 188 Å². The third-order valence-corrected chi connectivity index (χ3v) is 8.68. The molecule has 3 rings (SSSR count). The summed E-state index contributed by atoms with van der Waals surface area (Å²) in [7, 11) is -5.75. The quantitative estimate of drug-likeness (QED) is 0.519. The second kappa shape index (κ2) is 10.4. The van der Waals surface area contributed by atoms with E-state index in [-0.39, 0.29) is 47.8 Å². The van der Waals surface area contributed by atoms with Crippen molar-refractivity contribution in [3.63, 3.8) is 0 Å². The van der Waals surface area contributed by atoms with E-state index < -0.39 is 20.0 Å². The first-order chi connectivity index (χ1) is 15.2. The molecule has 1 heterocycles. The maximum Gasteiger partial charge on any atom is 0.243 e. The molecule has 1 saturated heterocycles. The number of hydrogen-bond donors (Lipinski definition) is 2. The van der Waals surface area contributed by atoms with Crippen LogP contribution in [0.3, 0.4) is 0 Å². The number of ether oxygens (including phenoxy) is 1. The number of carbonyl (C=O) groups is 1. The van der Waals surface area contributed by atoms with Crippen LogP contribution in [-0.4, -0.2) is 60.3 Å². The van der Waals surface area contributed by atoms with E-state index in [2.05, 4.69) is 10.0 Å². The molecule has 0 aromatic heterocycles. The Hall–Kier alpha value is -2.47. The van der Waals surface area contributed by atoms with Gasteiger partial charge in [0.1, 0.15) is 5.75 Å². The van der Waals surface area contributed by atoms with Gasteiger partial charge in [-0.2, -0.15) is 4.31 Å². The Bertz CT molecular complexity index is 1110. The van der Waals surface area contributed by atoms with Gasteiger partial charge in [0.25, 0.3) is 0 Å². The average Bonchev–Trinajstić information content (AvgIpc) is 2.82. The lowest BCUT2D eigenvalue weighted by Crippen LogP contribution is -2.44. The molecule has 0 bridgehead atoms. The predicted molar refractivity (Wildman–Crippen MR) is 119 cm³/mol. The monoisotopic (exact) mass is 481 g/mol. The fourth-order valence-electron chi connectivity index (χ4n) is 3.45. The third kappa shape index (κ3) is 5.85. The van der Waals surface area contributed by atoms with E-state index in [1.807, 2.05) is 0 Å². The molecule has 0 unspecified atom stereocenters. The van der Waals surface area contributed by atoms with Gasteiger partial charge >= 0.3 is 0 Å². The van der Waals surface area contributed by atoms with Gasteiger partial charge in [-0.05, 0) is 49.2 Å². The van der Waals surface area contributed by atoms with Crippen molar-refractivity contribution < 1.29 is 26.4 Å². The fraction of sp³-hybridized carbons (Fsp3) is 0.381. The van der Waals surface area contributed by atoms with E-state index >= 15 is 0 Å². The SMILES string of the molecule is COc1ccc(S(=O)(=O)NCCNC(=O)C2CCN(S(=O)(=O)c3ccccc3)CC2)cc1. The number of methoxy groups -OCH3 is 1. The van der Waals surface area contributed by atoms with Crippen molar-refractivity contribution in [1.82, 2.24) is 14.3 Å². The van der Waals surface area contributed by atoms with Gasteiger partial charge in [0.15, 0.2) is 0 Å². The smallest absolute Gasteiger partial charge is 0.243 e. The predicted octanol–water partition coefficient (Wildman–Crippen LogP) is 1.19. The third-order valence-electron chi connectivity index (χ3n) is 5.29. The van der Waals surface area contributed by atoms with Gasteiger partial charge in [0, 0.05) is 32.1 Å². The Morgan fingerprint density at radius 2 is 1.56 bits per heavy atom. The number of nitrogens with zero attached hydrogens (tertiary/aromatic N) is 1. The number of hydrogen-bond acceptors (Lipinski definition) is 6. The molecule has 2 aromatic carbocycles. The van der Waals surface area contributed by atoms with Gasteiger partial charge < -0.3 is 10.1 Å². The number of piperidine rings is 1. The van der Waals surface area contributed by atoms with Crippen LogP contribution in [0.4, 0.5) is 0 Å². The molecule has 9 nitrogen and oxygen atoms in total. The van der Waals surface area contributed by atoms with Crippen LogP contribution in [0, 0.1) is 5.92 Å². The summed E-state index contributed by atoms with van der Waals surface area (Å²) in [5.74, 6) is 0.0413. The summed E-state index contributed by atoms with van der Waals surface area (Å²) < 4.78 is 58.8. The molecule has 2 N–H and O–H groups in total. The minimum absolute atomic E-state index is 0.0430. The molecule has 0 aliphatic carbocycles. The van der Waals surface area contributed by atoms with Crippen LogP contribution in [-0.2, 0) is 24.8 Å². The maximum absolute atomic E-state index is 12.7. The zero-order valence-electron chi connectivity index (χ0n) is 17.7. The van der Waals surface area contributed by atoms with Crippen molar-refractivity contribution in [1.29, 1.82) is 0 Å². The molecule has 1 aliphatic heterocycles. The minimum Gasteiger partial charge on any atom is -0.497 e. The highest BCUT2D eigenvalue weighted by Crippen LogP contribution is 2.23. The summed E-state index contributed by atoms with van der Waals surface area (Å²) >= 11 is 0. The van der Waals surface area contributed by atoms with E-state index in [1.54, 1.807) is 42.5 Å². The van der Waals surface area contributed by atoms with Gasteiger partial charge in [0.05, 0.1) is 16.9 Å². The Balaban J connectivity index is 1.43. The van der Waals surface area contributed by atoms with Gasteiger partial charge in [-0.1, -0.05) is 18.2 Å². The van der Waals surface area contributed by atoms with Crippen LogP contribution in [0.15, 0.2) is 64.4 Å². The molecule has 0 spiro atoms. The van der Waals surface area contributed by atoms with E-state index in [0.717, 1.165) is 0 Å². The van der Waals surface area contributed by atoms with Crippen LogP contribution in [0.1, 0.15) is 12.8 Å². The molecule has 1 fully saturated rings. The first kappa shape index (κ1) is 24.2. The zero-order chi connectivity index (χ0) is 23.2. The van der Waals surface area contributed by atoms with Gasteiger partial charge in [-0.25, -0.2) is 21.6 Å². The standard InChI is InChI=1S/C21H27N3O6S2/c1-30-18-7-9-19(10-8-18)31(26,27)23-14-13-22-21(25)17-11-15-24(16-12-17)32(28,29)20-5-3-2-4-6-20/h2-10,17,23H,11-16H2,1H3,(H,22,25). The van der Waals surface area contributed by atoms with Crippen molar-refractivity contribution in [3.05, 3.63) is 54.6 Å². The number of nitrogens with one attached hydrogen (secondary N) is 2. The lowest BCUT2D eigenvalue weighted by Gasteiger charge is -2.30. The van der Waals surface area contributed by atoms with Crippen molar-refractivity contribution in [3.8, 4) is 5.75 Å². The summed E-state index contributed by atoms with van der Waals surface area (Å²) in [6, 6.07) is 14.2. The molecule has 0 radical (unpaired) electrons. The van der Waals surface area contributed by atoms with Crippen molar-refractivity contribution in [2.45, 2.75) is 22.6 Å². The largest absolute Gasteiger partial charge is 0.497 e. The topological polar surface area (TPSA) is 122 Å². The molecular weight excluding hydrogens is 454 g/mol. The Kier molecular flexibility index (Phi) is 7.88. The van der Waals surface area contributed by atoms with Crippen molar-refractivity contribution in [2.75, 3.05) is 33.3 Å². The molecule has 174 valence electrons. The fourth-order valence-corrected chi connectivity index (χ4v) is 5.98. The Morgan fingerprint density at radius 1 is 0.938 bits per heavy atom. The summed E-state index contributed by atoms with van der Waals surface area (Å²) in [6.45, 7) is 0.705. The van der Waals surface area contributed by atoms with Gasteiger partial charge in [-0.3, -0.25) is 4.79 Å². The number of rotatable bonds is 9. The van der Waals surface area contributed by atoms with E-state index in [0.29, 0.717) is 18.6 Å². The normalized spacial score (nSPS) is 15.9. The molecule has 2 aromatic rings. The first-order valence-electron chi connectivity index (χ1n) is 10.2. The van der Waals surface area contributed by atoms with Crippen LogP contribution < -0.4 is 14.8 Å². The summed E-state index contributed by atoms with van der Waals surface area (Å²) in [6.07, 6.45) is 0.824. The highest BCUT2D eigenvalue weighted by atomic mass is 32.2.